The molecule has 106 valence electrons. The van der Waals surface area contributed by atoms with Crippen LogP contribution in [0.5, 0.6) is 0 Å². The quantitative estimate of drug-likeness (QED) is 0.420. The maximum atomic E-state index is 3.80. The highest BCUT2D eigenvalue weighted by Gasteiger charge is 2.11. The minimum Gasteiger partial charge on any atom is -0.0786 e. The molecule has 0 saturated carbocycles. The number of alkyl halides is 1. The van der Waals surface area contributed by atoms with Crippen molar-refractivity contribution in [1.82, 2.24) is 0 Å². The first-order chi connectivity index (χ1) is 9.60. The number of hydrogen-bond acceptors (Lipinski definition) is 0. The number of aryl methyl sites for hydroxylation is 1. The van der Waals surface area contributed by atoms with Gasteiger partial charge in [0.25, 0.3) is 0 Å². The Morgan fingerprint density at radius 3 is 2.05 bits per heavy atom. The average Bonchev–Trinajstić information content (AvgIpc) is 2.44. The van der Waals surface area contributed by atoms with Crippen LogP contribution in [0.3, 0.4) is 0 Å². The lowest BCUT2D eigenvalue weighted by Gasteiger charge is -2.12. The van der Waals surface area contributed by atoms with Crippen LogP contribution in [0.1, 0.15) is 41.3 Å². The zero-order valence-corrected chi connectivity index (χ0v) is 16.1. The molecule has 0 radical (unpaired) electrons. The van der Waals surface area contributed by atoms with Gasteiger partial charge in [0.05, 0.1) is 4.83 Å². The van der Waals surface area contributed by atoms with E-state index in [1.165, 1.54) is 36.0 Å². The normalized spacial score (nSPS) is 12.4. The standard InChI is InChI=1S/C17H17Br3/c1-2-3-4-12-5-7-13(8-6-12)17(20)14-9-15(18)11-16(19)10-14/h5-11,17H,2-4H2,1H3. The molecule has 3 heteroatoms. The van der Waals surface area contributed by atoms with Crippen LogP contribution in [0.15, 0.2) is 51.4 Å². The highest BCUT2D eigenvalue weighted by atomic mass is 79.9. The summed E-state index contributed by atoms with van der Waals surface area (Å²) in [6.45, 7) is 2.23. The summed E-state index contributed by atoms with van der Waals surface area (Å²) in [6.07, 6.45) is 3.68. The summed E-state index contributed by atoms with van der Waals surface area (Å²) in [5.41, 5.74) is 3.95. The number of halogens is 3. The van der Waals surface area contributed by atoms with Gasteiger partial charge in [0.2, 0.25) is 0 Å². The van der Waals surface area contributed by atoms with Crippen molar-refractivity contribution in [3.8, 4) is 0 Å². The van der Waals surface area contributed by atoms with Crippen molar-refractivity contribution in [3.63, 3.8) is 0 Å². The number of hydrogen-bond donors (Lipinski definition) is 0. The Labute approximate surface area is 146 Å². The van der Waals surface area contributed by atoms with Crippen molar-refractivity contribution in [2.45, 2.75) is 31.0 Å². The van der Waals surface area contributed by atoms with Gasteiger partial charge in [-0.05, 0) is 47.7 Å². The first-order valence-electron chi connectivity index (χ1n) is 6.79. The summed E-state index contributed by atoms with van der Waals surface area (Å²) >= 11 is 10.9. The average molecular weight is 461 g/mol. The molecule has 0 spiro atoms. The van der Waals surface area contributed by atoms with Crippen molar-refractivity contribution >= 4 is 47.8 Å². The molecule has 0 nitrogen and oxygen atoms in total. The largest absolute Gasteiger partial charge is 0.0786 e. The molecule has 0 aliphatic carbocycles. The second kappa shape index (κ2) is 7.77. The molecule has 0 bridgehead atoms. The van der Waals surface area contributed by atoms with E-state index in [1.54, 1.807) is 0 Å². The van der Waals surface area contributed by atoms with Gasteiger partial charge in [-0.2, -0.15) is 0 Å². The van der Waals surface area contributed by atoms with Crippen LogP contribution in [-0.2, 0) is 6.42 Å². The number of unbranched alkanes of at least 4 members (excludes halogenated alkanes) is 1. The van der Waals surface area contributed by atoms with Crippen LogP contribution >= 0.6 is 47.8 Å². The molecule has 2 rings (SSSR count). The summed E-state index contributed by atoms with van der Waals surface area (Å²) < 4.78 is 2.18. The maximum Gasteiger partial charge on any atom is 0.0645 e. The van der Waals surface area contributed by atoms with Gasteiger partial charge in [0.1, 0.15) is 0 Å². The molecule has 2 aromatic rings. The summed E-state index contributed by atoms with van der Waals surface area (Å²) in [5, 5.41) is 0. The lowest BCUT2D eigenvalue weighted by atomic mass is 10.0. The smallest absolute Gasteiger partial charge is 0.0645 e. The van der Waals surface area contributed by atoms with E-state index in [0.717, 1.165) is 8.95 Å². The van der Waals surface area contributed by atoms with Gasteiger partial charge in [-0.1, -0.05) is 85.4 Å². The first kappa shape index (κ1) is 16.3. The molecule has 1 atom stereocenters. The van der Waals surface area contributed by atoms with Crippen molar-refractivity contribution in [3.05, 3.63) is 68.1 Å². The molecule has 0 N–H and O–H groups in total. The SMILES string of the molecule is CCCCc1ccc(C(Br)c2cc(Br)cc(Br)c2)cc1. The van der Waals surface area contributed by atoms with Gasteiger partial charge in [-0.25, -0.2) is 0 Å². The monoisotopic (exact) mass is 458 g/mol. The number of rotatable bonds is 5. The third-order valence-electron chi connectivity index (χ3n) is 3.27. The third kappa shape index (κ3) is 4.44. The van der Waals surface area contributed by atoms with E-state index in [-0.39, 0.29) is 4.83 Å². The fourth-order valence-electron chi connectivity index (χ4n) is 2.15. The Kier molecular flexibility index (Phi) is 6.31. The summed E-state index contributed by atoms with van der Waals surface area (Å²) in [4.78, 5) is 0.219. The van der Waals surface area contributed by atoms with Crippen LogP contribution in [-0.4, -0.2) is 0 Å². The lowest BCUT2D eigenvalue weighted by Crippen LogP contribution is -1.94. The van der Waals surface area contributed by atoms with E-state index in [0.29, 0.717) is 0 Å². The first-order valence-corrected chi connectivity index (χ1v) is 9.29. The molecule has 0 aliphatic heterocycles. The predicted octanol–water partition coefficient (Wildman–Crippen LogP) is 7.04. The van der Waals surface area contributed by atoms with Gasteiger partial charge in [0.15, 0.2) is 0 Å². The molecule has 0 aromatic heterocycles. The lowest BCUT2D eigenvalue weighted by molar-refractivity contribution is 0.795. The fourth-order valence-corrected chi connectivity index (χ4v) is 4.05. The molecule has 1 unspecified atom stereocenters. The molecule has 20 heavy (non-hydrogen) atoms. The second-order valence-electron chi connectivity index (χ2n) is 4.91. The summed E-state index contributed by atoms with van der Waals surface area (Å²) in [5.74, 6) is 0. The molecule has 0 heterocycles. The van der Waals surface area contributed by atoms with Gasteiger partial charge >= 0.3 is 0 Å². The summed E-state index contributed by atoms with van der Waals surface area (Å²) in [6, 6.07) is 15.3. The molecule has 0 saturated heterocycles. The minimum atomic E-state index is 0.219. The highest BCUT2D eigenvalue weighted by Crippen LogP contribution is 2.34. The fraction of sp³-hybridized carbons (Fsp3) is 0.294. The Bertz CT molecular complexity index is 541. The number of benzene rings is 2. The van der Waals surface area contributed by atoms with Crippen LogP contribution in [0.25, 0.3) is 0 Å². The van der Waals surface area contributed by atoms with Crippen molar-refractivity contribution in [2.75, 3.05) is 0 Å². The Balaban J connectivity index is 2.17. The van der Waals surface area contributed by atoms with Gasteiger partial charge in [-0.3, -0.25) is 0 Å². The third-order valence-corrected chi connectivity index (χ3v) is 5.24. The van der Waals surface area contributed by atoms with Gasteiger partial charge in [0, 0.05) is 8.95 Å². The Hall–Kier alpha value is -0.120. The molecular formula is C17H17Br3. The minimum absolute atomic E-state index is 0.219. The van der Waals surface area contributed by atoms with Crippen LogP contribution in [0, 0.1) is 0 Å². The predicted molar refractivity (Wildman–Crippen MR) is 97.7 cm³/mol. The Morgan fingerprint density at radius 1 is 0.900 bits per heavy atom. The van der Waals surface area contributed by atoms with Gasteiger partial charge < -0.3 is 0 Å². The molecule has 0 fully saturated rings. The van der Waals surface area contributed by atoms with E-state index in [1.807, 2.05) is 0 Å². The van der Waals surface area contributed by atoms with E-state index in [4.69, 9.17) is 0 Å². The highest BCUT2D eigenvalue weighted by molar-refractivity contribution is 9.11. The van der Waals surface area contributed by atoms with Crippen molar-refractivity contribution in [2.24, 2.45) is 0 Å². The van der Waals surface area contributed by atoms with Crippen molar-refractivity contribution in [1.29, 1.82) is 0 Å². The topological polar surface area (TPSA) is 0 Å². The second-order valence-corrected chi connectivity index (χ2v) is 7.66. The molecule has 0 aliphatic rings. The van der Waals surface area contributed by atoms with Crippen LogP contribution in [0.2, 0.25) is 0 Å². The van der Waals surface area contributed by atoms with E-state index in [9.17, 15) is 0 Å². The Morgan fingerprint density at radius 2 is 1.50 bits per heavy atom. The molecule has 2 aromatic carbocycles. The molecular weight excluding hydrogens is 444 g/mol. The molecule has 0 amide bonds. The van der Waals surface area contributed by atoms with Crippen LogP contribution < -0.4 is 0 Å². The van der Waals surface area contributed by atoms with E-state index < -0.39 is 0 Å². The zero-order valence-electron chi connectivity index (χ0n) is 11.4. The van der Waals surface area contributed by atoms with Crippen LogP contribution in [0.4, 0.5) is 0 Å². The van der Waals surface area contributed by atoms with Crippen molar-refractivity contribution < 1.29 is 0 Å². The van der Waals surface area contributed by atoms with Gasteiger partial charge in [-0.15, -0.1) is 0 Å². The van der Waals surface area contributed by atoms with E-state index in [2.05, 4.69) is 97.2 Å². The van der Waals surface area contributed by atoms with E-state index >= 15 is 0 Å². The zero-order chi connectivity index (χ0) is 14.5. The summed E-state index contributed by atoms with van der Waals surface area (Å²) in [7, 11) is 0. The maximum absolute atomic E-state index is 3.80.